The second kappa shape index (κ2) is 2.89. The van der Waals surface area contributed by atoms with E-state index in [2.05, 4.69) is 4.98 Å². The van der Waals surface area contributed by atoms with Crippen LogP contribution in [0.1, 0.15) is 5.56 Å². The molecule has 0 aliphatic heterocycles. The van der Waals surface area contributed by atoms with Crippen LogP contribution in [0.4, 0.5) is 5.69 Å². The van der Waals surface area contributed by atoms with Gasteiger partial charge in [-0.1, -0.05) is 29.8 Å². The third-order valence-electron chi connectivity index (χ3n) is 2.09. The molecule has 1 aromatic heterocycles. The Morgan fingerprint density at radius 1 is 1.38 bits per heavy atom. The van der Waals surface area contributed by atoms with Crippen molar-refractivity contribution in [1.29, 1.82) is 0 Å². The van der Waals surface area contributed by atoms with E-state index in [1.54, 1.807) is 6.20 Å². The van der Waals surface area contributed by atoms with E-state index in [1.807, 2.05) is 25.1 Å². The van der Waals surface area contributed by atoms with Gasteiger partial charge < -0.3 is 5.73 Å². The maximum atomic E-state index is 5.85. The van der Waals surface area contributed by atoms with Crippen LogP contribution < -0.4 is 5.73 Å². The van der Waals surface area contributed by atoms with Crippen molar-refractivity contribution in [1.82, 2.24) is 4.98 Å². The SMILES string of the molecule is Cc1cccc2c(N)c(Cl)cnc12. The Bertz CT molecular complexity index is 466. The largest absolute Gasteiger partial charge is 0.397 e. The molecule has 0 aliphatic rings. The summed E-state index contributed by atoms with van der Waals surface area (Å²) in [5.41, 5.74) is 8.45. The number of nitrogen functional groups attached to an aromatic ring is 1. The van der Waals surface area contributed by atoms with Crippen LogP contribution in [0.3, 0.4) is 0 Å². The molecule has 0 aliphatic carbocycles. The van der Waals surface area contributed by atoms with Gasteiger partial charge in [0.15, 0.2) is 0 Å². The molecule has 0 saturated heterocycles. The zero-order valence-corrected chi connectivity index (χ0v) is 7.97. The summed E-state index contributed by atoms with van der Waals surface area (Å²) in [4.78, 5) is 4.23. The van der Waals surface area contributed by atoms with Gasteiger partial charge in [0, 0.05) is 11.6 Å². The number of hydrogen-bond acceptors (Lipinski definition) is 2. The molecule has 0 spiro atoms. The first-order valence-corrected chi connectivity index (χ1v) is 4.37. The van der Waals surface area contributed by atoms with Crippen molar-refractivity contribution in [3.05, 3.63) is 35.0 Å². The molecule has 0 saturated carbocycles. The summed E-state index contributed by atoms with van der Waals surface area (Å²) < 4.78 is 0. The average Bonchev–Trinajstić information content (AvgIpc) is 2.12. The second-order valence-corrected chi connectivity index (χ2v) is 3.40. The van der Waals surface area contributed by atoms with Gasteiger partial charge in [0.05, 0.1) is 16.2 Å². The first-order valence-electron chi connectivity index (χ1n) is 3.99. The van der Waals surface area contributed by atoms with Gasteiger partial charge >= 0.3 is 0 Å². The number of aromatic nitrogens is 1. The van der Waals surface area contributed by atoms with E-state index in [1.165, 1.54) is 0 Å². The van der Waals surface area contributed by atoms with Crippen LogP contribution in [0.5, 0.6) is 0 Å². The van der Waals surface area contributed by atoms with E-state index < -0.39 is 0 Å². The van der Waals surface area contributed by atoms with Crippen LogP contribution in [0.25, 0.3) is 10.9 Å². The minimum Gasteiger partial charge on any atom is -0.397 e. The topological polar surface area (TPSA) is 38.9 Å². The molecule has 2 rings (SSSR count). The lowest BCUT2D eigenvalue weighted by molar-refractivity contribution is 1.37. The number of aryl methyl sites for hydroxylation is 1. The van der Waals surface area contributed by atoms with E-state index in [4.69, 9.17) is 17.3 Å². The molecule has 0 atom stereocenters. The van der Waals surface area contributed by atoms with Crippen molar-refractivity contribution in [3.63, 3.8) is 0 Å². The number of hydrogen-bond donors (Lipinski definition) is 1. The summed E-state index contributed by atoms with van der Waals surface area (Å²) in [6, 6.07) is 5.88. The summed E-state index contributed by atoms with van der Waals surface area (Å²) >= 11 is 5.85. The first-order chi connectivity index (χ1) is 6.20. The van der Waals surface area contributed by atoms with Crippen LogP contribution in [-0.4, -0.2) is 4.98 Å². The third kappa shape index (κ3) is 1.23. The van der Waals surface area contributed by atoms with Gasteiger partial charge in [0.25, 0.3) is 0 Å². The summed E-state index contributed by atoms with van der Waals surface area (Å²) in [5.74, 6) is 0. The number of anilines is 1. The molecule has 0 fully saturated rings. The number of benzene rings is 1. The van der Waals surface area contributed by atoms with E-state index in [9.17, 15) is 0 Å². The Hall–Kier alpha value is -1.28. The summed E-state index contributed by atoms with van der Waals surface area (Å²) in [6.07, 6.45) is 1.59. The quantitative estimate of drug-likeness (QED) is 0.697. The zero-order chi connectivity index (χ0) is 9.42. The van der Waals surface area contributed by atoms with E-state index in [0.717, 1.165) is 16.5 Å². The van der Waals surface area contributed by atoms with Crippen molar-refractivity contribution in [2.45, 2.75) is 6.92 Å². The standard InChI is InChI=1S/C10H9ClN2/c1-6-3-2-4-7-9(12)8(11)5-13-10(6)7/h2-5H,1H3,(H2,12,13). The first kappa shape index (κ1) is 8.32. The summed E-state index contributed by atoms with van der Waals surface area (Å²) in [5, 5.41) is 1.44. The van der Waals surface area contributed by atoms with Gasteiger partial charge in [-0.3, -0.25) is 4.98 Å². The van der Waals surface area contributed by atoms with Crippen molar-refractivity contribution < 1.29 is 0 Å². The van der Waals surface area contributed by atoms with Crippen LogP contribution in [0.15, 0.2) is 24.4 Å². The van der Waals surface area contributed by atoms with E-state index in [0.29, 0.717) is 10.7 Å². The minimum atomic E-state index is 0.512. The maximum absolute atomic E-state index is 5.85. The highest BCUT2D eigenvalue weighted by atomic mass is 35.5. The second-order valence-electron chi connectivity index (χ2n) is 2.99. The van der Waals surface area contributed by atoms with Crippen molar-refractivity contribution >= 4 is 28.2 Å². The van der Waals surface area contributed by atoms with Gasteiger partial charge in [-0.15, -0.1) is 0 Å². The molecule has 1 aromatic carbocycles. The van der Waals surface area contributed by atoms with Crippen molar-refractivity contribution in [3.8, 4) is 0 Å². The van der Waals surface area contributed by atoms with Crippen LogP contribution >= 0.6 is 11.6 Å². The summed E-state index contributed by atoms with van der Waals surface area (Å²) in [6.45, 7) is 2.00. The highest BCUT2D eigenvalue weighted by molar-refractivity contribution is 6.34. The number of rotatable bonds is 0. The molecular weight excluding hydrogens is 184 g/mol. The Kier molecular flexibility index (Phi) is 1.85. The molecule has 66 valence electrons. The number of para-hydroxylation sites is 1. The molecular formula is C10H9ClN2. The predicted molar refractivity (Wildman–Crippen MR) is 55.9 cm³/mol. The number of halogens is 1. The monoisotopic (exact) mass is 192 g/mol. The van der Waals surface area contributed by atoms with Gasteiger partial charge in [0.2, 0.25) is 0 Å². The molecule has 0 bridgehead atoms. The van der Waals surface area contributed by atoms with Crippen molar-refractivity contribution in [2.24, 2.45) is 0 Å². The number of nitrogens with two attached hydrogens (primary N) is 1. The van der Waals surface area contributed by atoms with Gasteiger partial charge in [0.1, 0.15) is 0 Å². The predicted octanol–water partition coefficient (Wildman–Crippen LogP) is 2.78. The molecule has 1 heterocycles. The zero-order valence-electron chi connectivity index (χ0n) is 7.21. The molecule has 2 N–H and O–H groups in total. The molecule has 13 heavy (non-hydrogen) atoms. The number of fused-ring (bicyclic) bond motifs is 1. The fraction of sp³-hybridized carbons (Fsp3) is 0.100. The lowest BCUT2D eigenvalue weighted by Gasteiger charge is -2.04. The molecule has 0 amide bonds. The van der Waals surface area contributed by atoms with Gasteiger partial charge in [-0.2, -0.15) is 0 Å². The fourth-order valence-corrected chi connectivity index (χ4v) is 1.52. The van der Waals surface area contributed by atoms with E-state index >= 15 is 0 Å². The molecule has 3 heteroatoms. The molecule has 2 aromatic rings. The summed E-state index contributed by atoms with van der Waals surface area (Å²) in [7, 11) is 0. The maximum Gasteiger partial charge on any atom is 0.0825 e. The van der Waals surface area contributed by atoms with Crippen LogP contribution in [-0.2, 0) is 0 Å². The third-order valence-corrected chi connectivity index (χ3v) is 2.39. The fourth-order valence-electron chi connectivity index (χ4n) is 1.37. The Morgan fingerprint density at radius 2 is 2.15 bits per heavy atom. The van der Waals surface area contributed by atoms with E-state index in [-0.39, 0.29) is 0 Å². The highest BCUT2D eigenvalue weighted by Gasteiger charge is 2.04. The Balaban J connectivity index is 2.94. The van der Waals surface area contributed by atoms with Gasteiger partial charge in [-0.25, -0.2) is 0 Å². The van der Waals surface area contributed by atoms with Crippen LogP contribution in [0.2, 0.25) is 5.02 Å². The molecule has 0 unspecified atom stereocenters. The minimum absolute atomic E-state index is 0.512. The van der Waals surface area contributed by atoms with Crippen LogP contribution in [0, 0.1) is 6.92 Å². The number of pyridine rings is 1. The molecule has 0 radical (unpaired) electrons. The van der Waals surface area contributed by atoms with Gasteiger partial charge in [-0.05, 0) is 12.5 Å². The average molecular weight is 193 g/mol. The van der Waals surface area contributed by atoms with Crippen molar-refractivity contribution in [2.75, 3.05) is 5.73 Å². The smallest absolute Gasteiger partial charge is 0.0825 e. The number of nitrogens with zero attached hydrogens (tertiary/aromatic N) is 1. The Morgan fingerprint density at radius 3 is 2.92 bits per heavy atom. The Labute approximate surface area is 81.3 Å². The lowest BCUT2D eigenvalue weighted by atomic mass is 10.1. The lowest BCUT2D eigenvalue weighted by Crippen LogP contribution is -1.91. The normalized spacial score (nSPS) is 10.6. The molecule has 2 nitrogen and oxygen atoms in total. The highest BCUT2D eigenvalue weighted by Crippen LogP contribution is 2.27.